The third-order valence-corrected chi connectivity index (χ3v) is 5.84. The minimum absolute atomic E-state index is 0.0233. The Balaban J connectivity index is 1.39. The number of benzene rings is 1. The van der Waals surface area contributed by atoms with E-state index >= 15 is 0 Å². The molecular formula is C24H28N4O5. The molecule has 1 aliphatic rings. The molecule has 174 valence electrons. The molecule has 1 atom stereocenters. The molecule has 1 unspecified atom stereocenters. The van der Waals surface area contributed by atoms with E-state index in [0.717, 1.165) is 29.8 Å². The zero-order valence-corrected chi connectivity index (χ0v) is 18.7. The van der Waals surface area contributed by atoms with Gasteiger partial charge in [0.05, 0.1) is 17.7 Å². The minimum Gasteiger partial charge on any atom is -0.487 e. The lowest BCUT2D eigenvalue weighted by atomic mass is 9.91. The second-order valence-corrected chi connectivity index (χ2v) is 7.96. The van der Waals surface area contributed by atoms with Crippen molar-refractivity contribution in [3.05, 3.63) is 59.9 Å². The van der Waals surface area contributed by atoms with Crippen LogP contribution in [0.4, 0.5) is 0 Å². The Hall–Kier alpha value is -3.59. The summed E-state index contributed by atoms with van der Waals surface area (Å²) >= 11 is 0. The molecule has 2 amide bonds. The fraction of sp³-hybridized carbons (Fsp3) is 0.375. The first kappa shape index (κ1) is 22.6. The van der Waals surface area contributed by atoms with Gasteiger partial charge in [0, 0.05) is 25.8 Å². The number of rotatable bonds is 8. The predicted octanol–water partition coefficient (Wildman–Crippen LogP) is 2.83. The van der Waals surface area contributed by atoms with Crippen LogP contribution in [0.5, 0.6) is 5.75 Å². The number of aromatic amines is 1. The molecular weight excluding hydrogens is 424 g/mol. The fourth-order valence-electron chi connectivity index (χ4n) is 3.84. The van der Waals surface area contributed by atoms with E-state index in [1.165, 1.54) is 0 Å². The molecule has 2 aromatic heterocycles. The number of hydrogen-bond donors (Lipinski definition) is 3. The van der Waals surface area contributed by atoms with Crippen LogP contribution in [0.1, 0.15) is 34.8 Å². The van der Waals surface area contributed by atoms with Crippen molar-refractivity contribution in [1.82, 2.24) is 20.6 Å². The first-order chi connectivity index (χ1) is 16.0. The molecule has 0 aliphatic carbocycles. The Morgan fingerprint density at radius 3 is 2.61 bits per heavy atom. The molecule has 3 N–H and O–H groups in total. The Kier molecular flexibility index (Phi) is 7.09. The van der Waals surface area contributed by atoms with Gasteiger partial charge in [-0.05, 0) is 62.1 Å². The van der Waals surface area contributed by atoms with E-state index in [2.05, 4.69) is 20.6 Å². The molecule has 0 spiro atoms. The van der Waals surface area contributed by atoms with Crippen molar-refractivity contribution < 1.29 is 23.5 Å². The standard InChI is InChI=1S/C24H28N4O5/c1-15-19(27-14-26-15)13-32-18-5-3-16(4-6-18)20-7-8-21(33-20)23(29)28-22(24(30)25-2)17-9-11-31-12-10-17/h3-8,14,17,22H,9-13H2,1-2H3,(H,25,30)(H,26,27)(H,28,29). The van der Waals surface area contributed by atoms with Crippen molar-refractivity contribution in [2.75, 3.05) is 20.3 Å². The van der Waals surface area contributed by atoms with E-state index in [0.29, 0.717) is 31.3 Å². The highest BCUT2D eigenvalue weighted by atomic mass is 16.5. The first-order valence-corrected chi connectivity index (χ1v) is 11.0. The van der Waals surface area contributed by atoms with Gasteiger partial charge >= 0.3 is 0 Å². The number of aryl methyl sites for hydroxylation is 1. The van der Waals surface area contributed by atoms with Gasteiger partial charge < -0.3 is 29.5 Å². The third kappa shape index (κ3) is 5.43. The molecule has 9 nitrogen and oxygen atoms in total. The number of hydrogen-bond acceptors (Lipinski definition) is 6. The van der Waals surface area contributed by atoms with E-state index in [-0.39, 0.29) is 17.6 Å². The Morgan fingerprint density at radius 2 is 1.94 bits per heavy atom. The second-order valence-electron chi connectivity index (χ2n) is 7.96. The molecule has 0 bridgehead atoms. The number of nitrogens with one attached hydrogen (secondary N) is 3. The molecule has 1 saturated heterocycles. The Labute approximate surface area is 191 Å². The number of nitrogens with zero attached hydrogens (tertiary/aromatic N) is 1. The van der Waals surface area contributed by atoms with Gasteiger partial charge in [0.2, 0.25) is 5.91 Å². The number of carbonyl (C=O) groups excluding carboxylic acids is 2. The summed E-state index contributed by atoms with van der Waals surface area (Å²) in [5.41, 5.74) is 2.64. The summed E-state index contributed by atoms with van der Waals surface area (Å²) in [6.45, 7) is 3.49. The molecule has 33 heavy (non-hydrogen) atoms. The van der Waals surface area contributed by atoms with E-state index in [4.69, 9.17) is 13.9 Å². The van der Waals surface area contributed by atoms with E-state index in [1.807, 2.05) is 31.2 Å². The number of likely N-dealkylation sites (N-methyl/N-ethyl adjacent to an activating group) is 1. The Morgan fingerprint density at radius 1 is 1.18 bits per heavy atom. The van der Waals surface area contributed by atoms with E-state index < -0.39 is 11.9 Å². The molecule has 1 aromatic carbocycles. The van der Waals surface area contributed by atoms with Gasteiger partial charge in [-0.1, -0.05) is 0 Å². The largest absolute Gasteiger partial charge is 0.487 e. The van der Waals surface area contributed by atoms with Crippen LogP contribution in [0.3, 0.4) is 0 Å². The van der Waals surface area contributed by atoms with Gasteiger partial charge in [0.25, 0.3) is 5.91 Å². The summed E-state index contributed by atoms with van der Waals surface area (Å²) < 4.78 is 16.9. The highest BCUT2D eigenvalue weighted by Gasteiger charge is 2.31. The number of carbonyl (C=O) groups is 2. The molecule has 1 fully saturated rings. The van der Waals surface area contributed by atoms with Gasteiger partial charge in [-0.15, -0.1) is 0 Å². The highest BCUT2D eigenvalue weighted by molar-refractivity contribution is 5.96. The van der Waals surface area contributed by atoms with Crippen molar-refractivity contribution in [2.24, 2.45) is 5.92 Å². The van der Waals surface area contributed by atoms with Gasteiger partial charge in [-0.25, -0.2) is 4.98 Å². The molecule has 0 saturated carbocycles. The predicted molar refractivity (Wildman–Crippen MR) is 121 cm³/mol. The van der Waals surface area contributed by atoms with Crippen molar-refractivity contribution in [2.45, 2.75) is 32.4 Å². The number of amides is 2. The maximum Gasteiger partial charge on any atom is 0.287 e. The molecule has 0 radical (unpaired) electrons. The number of aromatic nitrogens is 2. The molecule has 9 heteroatoms. The van der Waals surface area contributed by atoms with Crippen molar-refractivity contribution in [1.29, 1.82) is 0 Å². The van der Waals surface area contributed by atoms with Crippen LogP contribution in [0.25, 0.3) is 11.3 Å². The summed E-state index contributed by atoms with van der Waals surface area (Å²) in [6.07, 6.45) is 3.08. The second kappa shape index (κ2) is 10.4. The van der Waals surface area contributed by atoms with Crippen molar-refractivity contribution >= 4 is 11.8 Å². The van der Waals surface area contributed by atoms with Crippen LogP contribution in [-0.2, 0) is 16.1 Å². The van der Waals surface area contributed by atoms with E-state index in [1.54, 1.807) is 25.5 Å². The van der Waals surface area contributed by atoms with Crippen LogP contribution < -0.4 is 15.4 Å². The number of furan rings is 1. The number of imidazole rings is 1. The quantitative estimate of drug-likeness (QED) is 0.484. The third-order valence-electron chi connectivity index (χ3n) is 5.84. The maximum atomic E-state index is 12.8. The van der Waals surface area contributed by atoms with Crippen LogP contribution in [0.2, 0.25) is 0 Å². The summed E-state index contributed by atoms with van der Waals surface area (Å²) in [5, 5.41) is 5.47. The molecule has 3 heterocycles. The van der Waals surface area contributed by atoms with E-state index in [9.17, 15) is 9.59 Å². The average molecular weight is 453 g/mol. The lowest BCUT2D eigenvalue weighted by Gasteiger charge is -2.29. The first-order valence-electron chi connectivity index (χ1n) is 11.0. The van der Waals surface area contributed by atoms with Crippen molar-refractivity contribution in [3.63, 3.8) is 0 Å². The lowest BCUT2D eigenvalue weighted by molar-refractivity contribution is -0.124. The number of H-pyrrole nitrogens is 1. The summed E-state index contributed by atoms with van der Waals surface area (Å²) in [7, 11) is 1.56. The van der Waals surface area contributed by atoms with Gasteiger partial charge in [0.15, 0.2) is 5.76 Å². The smallest absolute Gasteiger partial charge is 0.287 e. The topological polar surface area (TPSA) is 118 Å². The van der Waals surface area contributed by atoms with Gasteiger partial charge in [0.1, 0.15) is 24.2 Å². The summed E-state index contributed by atoms with van der Waals surface area (Å²) in [6, 6.07) is 10.1. The fourth-order valence-corrected chi connectivity index (χ4v) is 3.84. The zero-order valence-electron chi connectivity index (χ0n) is 18.7. The minimum atomic E-state index is -0.630. The molecule has 3 aromatic rings. The van der Waals surface area contributed by atoms with Crippen LogP contribution >= 0.6 is 0 Å². The molecule has 1 aliphatic heterocycles. The van der Waals surface area contributed by atoms with Crippen LogP contribution in [-0.4, -0.2) is 48.1 Å². The van der Waals surface area contributed by atoms with Crippen molar-refractivity contribution in [3.8, 4) is 17.1 Å². The summed E-state index contributed by atoms with van der Waals surface area (Å²) in [4.78, 5) is 32.4. The lowest BCUT2D eigenvalue weighted by Crippen LogP contribution is -2.51. The maximum absolute atomic E-state index is 12.8. The Bertz CT molecular complexity index is 1080. The monoisotopic (exact) mass is 452 g/mol. The van der Waals surface area contributed by atoms with Crippen LogP contribution in [0.15, 0.2) is 47.1 Å². The number of ether oxygens (including phenoxy) is 2. The van der Waals surface area contributed by atoms with Gasteiger partial charge in [-0.3, -0.25) is 9.59 Å². The highest BCUT2D eigenvalue weighted by Crippen LogP contribution is 2.26. The normalized spacial score (nSPS) is 15.1. The SMILES string of the molecule is CNC(=O)C(NC(=O)c1ccc(-c2ccc(OCc3[nH]cnc3C)cc2)o1)C1CCOCC1. The summed E-state index contributed by atoms with van der Waals surface area (Å²) in [5.74, 6) is 0.802. The van der Waals surface area contributed by atoms with Crippen LogP contribution in [0, 0.1) is 12.8 Å². The average Bonchev–Trinajstić information content (AvgIpc) is 3.51. The molecule has 4 rings (SSSR count). The van der Waals surface area contributed by atoms with Gasteiger partial charge in [-0.2, -0.15) is 0 Å². The zero-order chi connectivity index (χ0) is 23.2.